The predicted molar refractivity (Wildman–Crippen MR) is 126 cm³/mol. The van der Waals surface area contributed by atoms with E-state index < -0.39 is 15.8 Å². The zero-order chi connectivity index (χ0) is 24.1. The molecular weight excluding hydrogens is 455 g/mol. The summed E-state index contributed by atoms with van der Waals surface area (Å²) in [6.45, 7) is 0.742. The number of rotatable bonds is 8. The Hall–Kier alpha value is -4.07. The van der Waals surface area contributed by atoms with Crippen LogP contribution in [-0.2, 0) is 23.1 Å². The third-order valence-corrected chi connectivity index (χ3v) is 6.73. The van der Waals surface area contributed by atoms with Crippen LogP contribution in [0.4, 0.5) is 10.2 Å². The lowest BCUT2D eigenvalue weighted by Crippen LogP contribution is -2.14. The van der Waals surface area contributed by atoms with Gasteiger partial charge in [0.15, 0.2) is 0 Å². The predicted octanol–water partition coefficient (Wildman–Crippen LogP) is 3.52. The van der Waals surface area contributed by atoms with Gasteiger partial charge in [0, 0.05) is 30.7 Å². The lowest BCUT2D eigenvalue weighted by molar-refractivity contribution is 0.587. The fraction of sp³-hybridized carbons (Fsp3) is 0.125. The van der Waals surface area contributed by atoms with Crippen molar-refractivity contribution in [2.24, 2.45) is 0 Å². The van der Waals surface area contributed by atoms with Crippen LogP contribution in [0, 0.1) is 17.1 Å². The molecule has 2 N–H and O–H groups in total. The van der Waals surface area contributed by atoms with Gasteiger partial charge in [-0.25, -0.2) is 21.8 Å². The van der Waals surface area contributed by atoms with Gasteiger partial charge < -0.3 is 10.6 Å². The van der Waals surface area contributed by atoms with Crippen molar-refractivity contribution in [3.63, 3.8) is 0 Å². The lowest BCUT2D eigenvalue weighted by atomic mass is 10.1. The molecular formula is C24H21FN6O2S. The highest BCUT2D eigenvalue weighted by Gasteiger charge is 2.23. The minimum absolute atomic E-state index is 0.0167. The number of pyridine rings is 2. The van der Waals surface area contributed by atoms with E-state index in [9.17, 15) is 12.8 Å². The van der Waals surface area contributed by atoms with Gasteiger partial charge in [0.2, 0.25) is 0 Å². The standard InChI is InChI=1S/C24H21FN6O2S/c1-27-12-18-10-23(21-4-2-3-5-22(21)25)31(16-18)34(32,33)20-8-7-19(28-15-20)14-30-24-9-6-17(11-26)13-29-24/h2-10,13,15-16,27H,12,14H2,1H3,(H,29,30). The van der Waals surface area contributed by atoms with E-state index in [1.54, 1.807) is 49.5 Å². The Kier molecular flexibility index (Phi) is 6.67. The topological polar surface area (TPSA) is 113 Å². The summed E-state index contributed by atoms with van der Waals surface area (Å²) in [5.74, 6) is 0.0560. The van der Waals surface area contributed by atoms with Crippen molar-refractivity contribution in [3.8, 4) is 17.3 Å². The van der Waals surface area contributed by atoms with Gasteiger partial charge in [0.25, 0.3) is 10.0 Å². The van der Waals surface area contributed by atoms with Crippen LogP contribution in [0.5, 0.6) is 0 Å². The average molecular weight is 477 g/mol. The summed E-state index contributed by atoms with van der Waals surface area (Å²) in [6.07, 6.45) is 4.22. The number of halogens is 1. The molecule has 8 nitrogen and oxygen atoms in total. The molecule has 0 radical (unpaired) electrons. The minimum Gasteiger partial charge on any atom is -0.364 e. The van der Waals surface area contributed by atoms with E-state index in [0.717, 1.165) is 3.97 Å². The molecule has 0 atom stereocenters. The third-order valence-electron chi connectivity index (χ3n) is 5.07. The quantitative estimate of drug-likeness (QED) is 0.400. The molecule has 34 heavy (non-hydrogen) atoms. The molecule has 0 amide bonds. The van der Waals surface area contributed by atoms with Gasteiger partial charge in [0.1, 0.15) is 22.6 Å². The van der Waals surface area contributed by atoms with Crippen molar-refractivity contribution < 1.29 is 12.8 Å². The van der Waals surface area contributed by atoms with Crippen LogP contribution in [0.15, 0.2) is 78.1 Å². The second-order valence-corrected chi connectivity index (χ2v) is 9.24. The molecule has 0 aliphatic rings. The highest BCUT2D eigenvalue weighted by Crippen LogP contribution is 2.29. The smallest absolute Gasteiger partial charge is 0.269 e. The van der Waals surface area contributed by atoms with Crippen molar-refractivity contribution >= 4 is 15.8 Å². The number of benzene rings is 1. The molecule has 3 heterocycles. The monoisotopic (exact) mass is 476 g/mol. The molecule has 0 fully saturated rings. The maximum Gasteiger partial charge on any atom is 0.269 e. The highest BCUT2D eigenvalue weighted by atomic mass is 32.2. The van der Waals surface area contributed by atoms with Crippen LogP contribution in [0.2, 0.25) is 0 Å². The number of nitriles is 1. The normalized spacial score (nSPS) is 11.2. The van der Waals surface area contributed by atoms with Gasteiger partial charge in [-0.2, -0.15) is 5.26 Å². The van der Waals surface area contributed by atoms with Crippen LogP contribution in [-0.4, -0.2) is 29.4 Å². The van der Waals surface area contributed by atoms with Crippen LogP contribution in [0.3, 0.4) is 0 Å². The third kappa shape index (κ3) is 4.80. The molecule has 0 saturated carbocycles. The maximum absolute atomic E-state index is 14.5. The van der Waals surface area contributed by atoms with Crippen LogP contribution >= 0.6 is 0 Å². The lowest BCUT2D eigenvalue weighted by Gasteiger charge is -2.12. The molecule has 0 aliphatic carbocycles. The van der Waals surface area contributed by atoms with Gasteiger partial charge in [-0.3, -0.25) is 4.98 Å². The fourth-order valence-electron chi connectivity index (χ4n) is 3.39. The van der Waals surface area contributed by atoms with Crippen molar-refractivity contribution in [2.45, 2.75) is 18.0 Å². The van der Waals surface area contributed by atoms with Gasteiger partial charge in [-0.1, -0.05) is 12.1 Å². The van der Waals surface area contributed by atoms with E-state index >= 15 is 0 Å². The number of nitrogens with one attached hydrogen (secondary N) is 2. The second-order valence-electron chi connectivity index (χ2n) is 7.43. The summed E-state index contributed by atoms with van der Waals surface area (Å²) in [7, 11) is -2.28. The van der Waals surface area contributed by atoms with Crippen LogP contribution in [0.25, 0.3) is 11.3 Å². The molecule has 0 spiro atoms. The fourth-order valence-corrected chi connectivity index (χ4v) is 4.73. The Morgan fingerprint density at radius 3 is 2.53 bits per heavy atom. The first-order valence-electron chi connectivity index (χ1n) is 10.3. The molecule has 0 saturated heterocycles. The van der Waals surface area contributed by atoms with E-state index in [0.29, 0.717) is 35.7 Å². The van der Waals surface area contributed by atoms with Crippen molar-refractivity contribution in [1.82, 2.24) is 19.3 Å². The van der Waals surface area contributed by atoms with E-state index in [-0.39, 0.29) is 16.2 Å². The zero-order valence-electron chi connectivity index (χ0n) is 18.2. The van der Waals surface area contributed by atoms with Crippen molar-refractivity contribution in [3.05, 3.63) is 95.8 Å². The molecule has 0 bridgehead atoms. The molecule has 0 aliphatic heterocycles. The molecule has 10 heteroatoms. The number of aromatic nitrogens is 3. The number of hydrogen-bond donors (Lipinski definition) is 2. The minimum atomic E-state index is -4.03. The summed E-state index contributed by atoms with van der Waals surface area (Å²) in [5, 5.41) is 14.9. The van der Waals surface area contributed by atoms with E-state index in [4.69, 9.17) is 5.26 Å². The Bertz CT molecular complexity index is 1440. The van der Waals surface area contributed by atoms with Gasteiger partial charge in [0.05, 0.1) is 23.5 Å². The zero-order valence-corrected chi connectivity index (χ0v) is 19.1. The molecule has 4 rings (SSSR count). The number of anilines is 1. The van der Waals surface area contributed by atoms with Crippen LogP contribution < -0.4 is 10.6 Å². The first kappa shape index (κ1) is 23.1. The second kappa shape index (κ2) is 9.82. The Morgan fingerprint density at radius 1 is 1.06 bits per heavy atom. The summed E-state index contributed by atoms with van der Waals surface area (Å²) < 4.78 is 42.5. The van der Waals surface area contributed by atoms with E-state index in [1.807, 2.05) is 6.07 Å². The highest BCUT2D eigenvalue weighted by molar-refractivity contribution is 7.90. The van der Waals surface area contributed by atoms with Gasteiger partial charge >= 0.3 is 0 Å². The average Bonchev–Trinajstić information content (AvgIpc) is 3.28. The van der Waals surface area contributed by atoms with Gasteiger partial charge in [-0.15, -0.1) is 0 Å². The summed E-state index contributed by atoms with van der Waals surface area (Å²) in [6, 6.07) is 16.1. The Morgan fingerprint density at radius 2 is 1.88 bits per heavy atom. The summed E-state index contributed by atoms with van der Waals surface area (Å²) in [5.41, 5.74) is 2.19. The molecule has 3 aromatic heterocycles. The summed E-state index contributed by atoms with van der Waals surface area (Å²) in [4.78, 5) is 8.37. The molecule has 1 aromatic carbocycles. The van der Waals surface area contributed by atoms with Crippen LogP contribution in [0.1, 0.15) is 16.8 Å². The maximum atomic E-state index is 14.5. The van der Waals surface area contributed by atoms with E-state index in [2.05, 4.69) is 20.6 Å². The molecule has 0 unspecified atom stereocenters. The molecule has 4 aromatic rings. The first-order chi connectivity index (χ1) is 16.4. The number of hydrogen-bond acceptors (Lipinski definition) is 7. The Balaban J connectivity index is 1.60. The first-order valence-corrected chi connectivity index (χ1v) is 11.8. The van der Waals surface area contributed by atoms with Crippen molar-refractivity contribution in [1.29, 1.82) is 5.26 Å². The summed E-state index contributed by atoms with van der Waals surface area (Å²) >= 11 is 0. The number of nitrogens with zero attached hydrogens (tertiary/aromatic N) is 4. The van der Waals surface area contributed by atoms with Crippen molar-refractivity contribution in [2.75, 3.05) is 12.4 Å². The Labute approximate surface area is 196 Å². The van der Waals surface area contributed by atoms with E-state index in [1.165, 1.54) is 30.7 Å². The largest absolute Gasteiger partial charge is 0.364 e. The van der Waals surface area contributed by atoms with Gasteiger partial charge in [-0.05, 0) is 55.1 Å². The molecule has 172 valence electrons. The SMILES string of the molecule is CNCc1cc(-c2ccccc2F)n(S(=O)(=O)c2ccc(CNc3ccc(C#N)cn3)nc2)c1.